The molecule has 0 spiro atoms. The molecule has 8 atom stereocenters. The number of aliphatic hydroxyl groups excluding tert-OH is 3. The molecule has 0 bridgehead atoms. The third-order valence-electron chi connectivity index (χ3n) is 6.62. The third kappa shape index (κ3) is 6.74. The second kappa shape index (κ2) is 13.5. The van der Waals surface area contributed by atoms with Crippen LogP contribution < -0.4 is 55.6 Å². The minimum atomic E-state index is -5.95. The highest BCUT2D eigenvalue weighted by atomic mass is 32.5. The van der Waals surface area contributed by atoms with Gasteiger partial charge in [-0.1, -0.05) is 0 Å². The molecule has 2 aliphatic heterocycles. The SMILES string of the molecule is Cc1cn([C@H]2C[C@H](O)[C@@H](C(O)S([C@]3(O)C[C@H](n4cc(C)c(=O)[nH]c4=O)O[C@@H]3CO)=P([O-])([O-])[O-])O2)c(=O)[nH]c1=O.[NH4+].[NH4+].[NH4+]. The van der Waals surface area contributed by atoms with Crippen LogP contribution in [0.5, 0.6) is 0 Å². The summed E-state index contributed by atoms with van der Waals surface area (Å²) in [4.78, 5) is 86.7. The summed E-state index contributed by atoms with van der Waals surface area (Å²) in [6.07, 6.45) is -6.94. The predicted octanol–water partition coefficient (Wildman–Crippen LogP) is -4.86. The van der Waals surface area contributed by atoms with Crippen molar-refractivity contribution >= 4 is 16.8 Å². The number of aromatic nitrogens is 4. The quantitative estimate of drug-likeness (QED) is 0.133. The topological polar surface area (TPSA) is 388 Å². The molecule has 2 fully saturated rings. The van der Waals surface area contributed by atoms with E-state index in [9.17, 15) is 54.3 Å². The molecule has 2 saturated heterocycles. The van der Waals surface area contributed by atoms with Crippen LogP contribution in [-0.4, -0.2) is 74.8 Å². The molecule has 242 valence electrons. The number of nitrogens with one attached hydrogen (secondary N) is 2. The van der Waals surface area contributed by atoms with E-state index in [-0.39, 0.29) is 36.0 Å². The van der Waals surface area contributed by atoms with Gasteiger partial charge in [0.05, 0.1) is 12.7 Å². The van der Waals surface area contributed by atoms with Crippen molar-refractivity contribution < 1.29 is 44.6 Å². The van der Waals surface area contributed by atoms with Crippen LogP contribution in [0.4, 0.5) is 0 Å². The van der Waals surface area contributed by atoms with Gasteiger partial charge >= 0.3 is 11.4 Å². The molecule has 22 heteroatoms. The van der Waals surface area contributed by atoms with Crippen LogP contribution in [0.2, 0.25) is 0 Å². The Morgan fingerprint density at radius 1 is 1.00 bits per heavy atom. The summed E-state index contributed by atoms with van der Waals surface area (Å²) in [5.74, 6) is 0. The fraction of sp³-hybridized carbons (Fsp3) is 0.600. The summed E-state index contributed by atoms with van der Waals surface area (Å²) in [6, 6.07) is 0. The second-order valence-corrected chi connectivity index (χ2v) is 14.5. The lowest BCUT2D eigenvalue weighted by Crippen LogP contribution is -2.55. The smallest absolute Gasteiger partial charge is 0.330 e. The average Bonchev–Trinajstić information content (AvgIpc) is 3.37. The molecule has 2 aliphatic rings. The summed E-state index contributed by atoms with van der Waals surface area (Å²) in [7, 11) is -3.01. The van der Waals surface area contributed by atoms with E-state index < -0.39 is 93.5 Å². The molecule has 0 saturated carbocycles. The molecule has 2 aromatic heterocycles. The number of rotatable bonds is 6. The Kier molecular flexibility index (Phi) is 12.1. The molecular formula is C20H38N7O13PS. The number of ether oxygens (including phenoxy) is 2. The van der Waals surface area contributed by atoms with Crippen molar-refractivity contribution in [2.24, 2.45) is 0 Å². The molecule has 0 aliphatic carbocycles. The van der Waals surface area contributed by atoms with Gasteiger partial charge in [-0.25, -0.2) is 9.59 Å². The Hall–Kier alpha value is -2.34. The van der Waals surface area contributed by atoms with Crippen LogP contribution in [-0.2, 0) is 19.5 Å². The zero-order chi connectivity index (χ0) is 29.0. The molecule has 0 amide bonds. The second-order valence-electron chi connectivity index (χ2n) is 9.28. The first-order valence-electron chi connectivity index (χ1n) is 11.5. The van der Waals surface area contributed by atoms with Crippen molar-refractivity contribution in [3.63, 3.8) is 0 Å². The molecule has 42 heavy (non-hydrogen) atoms. The van der Waals surface area contributed by atoms with Crippen molar-refractivity contribution in [3.8, 4) is 0 Å². The van der Waals surface area contributed by atoms with E-state index in [2.05, 4.69) is 0 Å². The number of hydrogen-bond acceptors (Lipinski definition) is 13. The Balaban J connectivity index is 0.00000294. The highest BCUT2D eigenvalue weighted by Gasteiger charge is 2.53. The third-order valence-corrected chi connectivity index (χ3v) is 12.0. The number of hydrogen-bond donors (Lipinski definition) is 9. The molecular weight excluding hydrogens is 609 g/mol. The number of quaternary nitrogens is 3. The lowest BCUT2D eigenvalue weighted by molar-refractivity contribution is -0.411. The predicted molar refractivity (Wildman–Crippen MR) is 145 cm³/mol. The van der Waals surface area contributed by atoms with Gasteiger partial charge in [0.2, 0.25) is 0 Å². The van der Waals surface area contributed by atoms with Crippen molar-refractivity contribution in [2.75, 3.05) is 6.61 Å². The van der Waals surface area contributed by atoms with E-state index >= 15 is 0 Å². The van der Waals surface area contributed by atoms with E-state index in [4.69, 9.17) is 9.47 Å². The van der Waals surface area contributed by atoms with Crippen molar-refractivity contribution in [1.82, 2.24) is 37.6 Å². The summed E-state index contributed by atoms with van der Waals surface area (Å²) < 4.78 is 12.8. The summed E-state index contributed by atoms with van der Waals surface area (Å²) in [6.45, 7) is -4.24. The van der Waals surface area contributed by atoms with Crippen LogP contribution in [0.3, 0.4) is 0 Å². The summed E-state index contributed by atoms with van der Waals surface area (Å²) >= 11 is 0. The molecule has 0 radical (unpaired) electrons. The van der Waals surface area contributed by atoms with Gasteiger partial charge in [-0.15, -0.1) is 0 Å². The lowest BCUT2D eigenvalue weighted by Gasteiger charge is -2.58. The fourth-order valence-corrected chi connectivity index (χ4v) is 9.84. The normalized spacial score (nSPS) is 28.7. The monoisotopic (exact) mass is 647 g/mol. The zero-order valence-corrected chi connectivity index (χ0v) is 25.2. The molecule has 4 heterocycles. The van der Waals surface area contributed by atoms with E-state index in [1.54, 1.807) is 0 Å². The van der Waals surface area contributed by atoms with Gasteiger partial charge in [-0.05, 0) is 13.8 Å². The first-order valence-corrected chi connectivity index (χ1v) is 14.9. The van der Waals surface area contributed by atoms with Gasteiger partial charge in [0.15, 0.2) is 0 Å². The molecule has 0 aromatic carbocycles. The summed E-state index contributed by atoms with van der Waals surface area (Å²) in [5.41, 5.74) is -5.47. The molecule has 20 nitrogen and oxygen atoms in total. The van der Waals surface area contributed by atoms with Crippen LogP contribution in [0, 0.1) is 13.8 Å². The maximum Gasteiger partial charge on any atom is 0.330 e. The van der Waals surface area contributed by atoms with Crippen LogP contribution in [0.1, 0.15) is 36.4 Å². The van der Waals surface area contributed by atoms with Crippen LogP contribution in [0.25, 0.3) is 0 Å². The van der Waals surface area contributed by atoms with E-state index in [0.717, 1.165) is 21.5 Å². The Morgan fingerprint density at radius 2 is 1.48 bits per heavy atom. The molecule has 2 aromatic rings. The van der Waals surface area contributed by atoms with Gasteiger partial charge < -0.3 is 69.8 Å². The fourth-order valence-electron chi connectivity index (χ4n) is 4.66. The molecule has 2 unspecified atom stereocenters. The van der Waals surface area contributed by atoms with Crippen LogP contribution >= 0.6 is 6.72 Å². The number of nitrogens with zero attached hydrogens (tertiary/aromatic N) is 2. The van der Waals surface area contributed by atoms with Gasteiger partial charge in [0.25, 0.3) is 11.1 Å². The van der Waals surface area contributed by atoms with E-state index in [1.807, 2.05) is 9.97 Å². The van der Waals surface area contributed by atoms with Gasteiger partial charge in [0.1, 0.15) is 35.0 Å². The van der Waals surface area contributed by atoms with Gasteiger partial charge in [-0.2, -0.15) is 10.1 Å². The van der Waals surface area contributed by atoms with E-state index in [0.29, 0.717) is 0 Å². The Bertz CT molecular complexity index is 1560. The van der Waals surface area contributed by atoms with Crippen molar-refractivity contribution in [3.05, 3.63) is 65.2 Å². The number of aliphatic hydroxyl groups is 4. The van der Waals surface area contributed by atoms with Crippen LogP contribution in [0.15, 0.2) is 31.6 Å². The zero-order valence-electron chi connectivity index (χ0n) is 23.5. The lowest BCUT2D eigenvalue weighted by atomic mass is 10.1. The average molecular weight is 648 g/mol. The van der Waals surface area contributed by atoms with Crippen molar-refractivity contribution in [2.45, 2.75) is 67.8 Å². The first kappa shape index (κ1) is 37.7. The molecule has 18 N–H and O–H groups in total. The largest absolute Gasteiger partial charge is 0.848 e. The maximum atomic E-state index is 12.5. The molecule has 4 rings (SSSR count). The number of aryl methyl sites for hydroxylation is 2. The number of aromatic amines is 2. The van der Waals surface area contributed by atoms with Crippen molar-refractivity contribution in [1.29, 1.82) is 0 Å². The highest BCUT2D eigenvalue weighted by Crippen LogP contribution is 2.47. The van der Waals surface area contributed by atoms with E-state index in [1.165, 1.54) is 13.8 Å². The Morgan fingerprint density at radius 3 is 1.93 bits per heavy atom. The Labute approximate surface area is 238 Å². The first-order chi connectivity index (χ1) is 18.1. The minimum Gasteiger partial charge on any atom is -0.848 e. The van der Waals surface area contributed by atoms with Gasteiger partial charge in [0, 0.05) is 36.4 Å². The minimum absolute atomic E-state index is 0. The number of H-pyrrole nitrogens is 2. The standard InChI is InChI=1S/C20H26N4O13PS.3H3N/c1-8-5-23(18(30)21-15(8)27)12-3-10(26)14(37-12)17(29)39(38(33,34)35)20(32)4-13(36-11(20)7-25)24-6-9(2)16(28)22-19(24)31;;;/h5-6,10-14,17,25-26,29,32H,3-4,7H2,1-2H3,(H2-3,21,22,27,28,30,31,33,34,35);3*1H3/q-3;;;/p+3/t10-,11+,12+,13+,14-,17?,20+,39?;;;/m0.../s1. The maximum absolute atomic E-state index is 12.5. The van der Waals surface area contributed by atoms with Gasteiger partial charge in [-0.3, -0.25) is 28.7 Å². The highest BCUT2D eigenvalue weighted by molar-refractivity contribution is 8.27. The summed E-state index contributed by atoms with van der Waals surface area (Å²) in [5, 5.41) is 43.0.